The topological polar surface area (TPSA) is 56.2 Å². The molecule has 0 saturated heterocycles. The van der Waals surface area contributed by atoms with Crippen LogP contribution >= 0.6 is 0 Å². The van der Waals surface area contributed by atoms with Crippen molar-refractivity contribution in [2.75, 3.05) is 0 Å². The summed E-state index contributed by atoms with van der Waals surface area (Å²) < 4.78 is 5.20. The van der Waals surface area contributed by atoms with Gasteiger partial charge in [0.05, 0.1) is 0 Å². The van der Waals surface area contributed by atoms with Crippen LogP contribution in [-0.2, 0) is 6.54 Å². The molecule has 1 heterocycles. The van der Waals surface area contributed by atoms with Gasteiger partial charge in [0.15, 0.2) is 0 Å². The Labute approximate surface area is 87.5 Å². The van der Waals surface area contributed by atoms with Crippen LogP contribution < -0.4 is 11.4 Å². The van der Waals surface area contributed by atoms with Gasteiger partial charge in [-0.1, -0.05) is 12.1 Å². The lowest BCUT2D eigenvalue weighted by Gasteiger charge is -2.06. The molecule has 1 aromatic heterocycles. The van der Waals surface area contributed by atoms with Crippen LogP contribution in [0, 0.1) is 13.8 Å². The first-order valence-corrected chi connectivity index (χ1v) is 4.86. The molecule has 2 aromatic rings. The Hall–Kier alpha value is -1.61. The summed E-state index contributed by atoms with van der Waals surface area (Å²) >= 11 is 0. The molecule has 0 fully saturated rings. The number of hydrogen-bond donors (Lipinski definition) is 1. The first-order valence-electron chi connectivity index (χ1n) is 4.86. The maximum atomic E-state index is 11.3. The predicted molar refractivity (Wildman–Crippen MR) is 59.8 cm³/mol. The summed E-state index contributed by atoms with van der Waals surface area (Å²) in [5.41, 5.74) is 8.86. The molecule has 0 aliphatic heterocycles. The van der Waals surface area contributed by atoms with Crippen molar-refractivity contribution in [1.29, 1.82) is 0 Å². The lowest BCUT2D eigenvalue weighted by molar-refractivity contribution is 0.556. The Balaban J connectivity index is 2.96. The van der Waals surface area contributed by atoms with Crippen LogP contribution in [0.25, 0.3) is 11.0 Å². The zero-order valence-electron chi connectivity index (χ0n) is 8.83. The maximum absolute atomic E-state index is 11.3. The van der Waals surface area contributed by atoms with Crippen LogP contribution in [0.4, 0.5) is 0 Å². The normalized spacial score (nSPS) is 10.9. The van der Waals surface area contributed by atoms with E-state index >= 15 is 0 Å². The molecule has 3 nitrogen and oxygen atoms in total. The molecule has 78 valence electrons. The van der Waals surface area contributed by atoms with Gasteiger partial charge in [-0.3, -0.25) is 0 Å². The Morgan fingerprint density at radius 1 is 1.33 bits per heavy atom. The lowest BCUT2D eigenvalue weighted by atomic mass is 10.0. The van der Waals surface area contributed by atoms with E-state index in [9.17, 15) is 4.79 Å². The third kappa shape index (κ3) is 1.55. The first kappa shape index (κ1) is 9.93. The predicted octanol–water partition coefficient (Wildman–Crippen LogP) is 1.87. The van der Waals surface area contributed by atoms with Gasteiger partial charge in [-0.25, -0.2) is 4.79 Å². The van der Waals surface area contributed by atoms with Crippen LogP contribution in [0.2, 0.25) is 0 Å². The minimum Gasteiger partial charge on any atom is -0.422 e. The second-order valence-corrected chi connectivity index (χ2v) is 3.68. The highest BCUT2D eigenvalue weighted by atomic mass is 16.4. The highest BCUT2D eigenvalue weighted by molar-refractivity contribution is 5.83. The van der Waals surface area contributed by atoms with E-state index < -0.39 is 0 Å². The van der Waals surface area contributed by atoms with Crippen molar-refractivity contribution in [1.82, 2.24) is 0 Å². The molecule has 0 amide bonds. The molecule has 0 radical (unpaired) electrons. The molecule has 0 aliphatic rings. The second-order valence-electron chi connectivity index (χ2n) is 3.68. The van der Waals surface area contributed by atoms with Crippen LogP contribution in [0.15, 0.2) is 27.4 Å². The van der Waals surface area contributed by atoms with Gasteiger partial charge in [-0.2, -0.15) is 0 Å². The average Bonchev–Trinajstić information content (AvgIpc) is 2.23. The van der Waals surface area contributed by atoms with Crippen molar-refractivity contribution in [3.05, 3.63) is 45.3 Å². The molecule has 0 bridgehead atoms. The van der Waals surface area contributed by atoms with E-state index in [2.05, 4.69) is 0 Å². The summed E-state index contributed by atoms with van der Waals surface area (Å²) in [5.74, 6) is 0. The van der Waals surface area contributed by atoms with E-state index in [1.807, 2.05) is 26.0 Å². The third-order valence-electron chi connectivity index (χ3n) is 2.74. The SMILES string of the molecule is Cc1ccc2c(CN)cc(=O)oc2c1C. The van der Waals surface area contributed by atoms with E-state index in [4.69, 9.17) is 10.2 Å². The van der Waals surface area contributed by atoms with Gasteiger partial charge < -0.3 is 10.2 Å². The van der Waals surface area contributed by atoms with E-state index in [0.29, 0.717) is 12.1 Å². The quantitative estimate of drug-likeness (QED) is 0.720. The molecule has 0 saturated carbocycles. The van der Waals surface area contributed by atoms with Gasteiger partial charge in [-0.05, 0) is 30.5 Å². The summed E-state index contributed by atoms with van der Waals surface area (Å²) in [5, 5.41) is 0.931. The Morgan fingerprint density at radius 3 is 2.73 bits per heavy atom. The van der Waals surface area contributed by atoms with Crippen LogP contribution in [0.3, 0.4) is 0 Å². The maximum Gasteiger partial charge on any atom is 0.336 e. The van der Waals surface area contributed by atoms with Crippen molar-refractivity contribution < 1.29 is 4.42 Å². The molecule has 0 spiro atoms. The smallest absolute Gasteiger partial charge is 0.336 e. The van der Waals surface area contributed by atoms with Crippen LogP contribution in [0.5, 0.6) is 0 Å². The molecule has 2 rings (SSSR count). The number of hydrogen-bond acceptors (Lipinski definition) is 3. The van der Waals surface area contributed by atoms with Gasteiger partial charge in [0.1, 0.15) is 5.58 Å². The lowest BCUT2D eigenvalue weighted by Crippen LogP contribution is -2.05. The molecule has 1 aromatic carbocycles. The molecular weight excluding hydrogens is 190 g/mol. The molecule has 15 heavy (non-hydrogen) atoms. The zero-order chi connectivity index (χ0) is 11.0. The summed E-state index contributed by atoms with van der Waals surface area (Å²) in [6.07, 6.45) is 0. The number of nitrogens with two attached hydrogens (primary N) is 1. The summed E-state index contributed by atoms with van der Waals surface area (Å²) in [4.78, 5) is 11.3. The van der Waals surface area contributed by atoms with E-state index in [0.717, 1.165) is 22.1 Å². The average molecular weight is 203 g/mol. The molecule has 3 heteroatoms. The molecule has 2 N–H and O–H groups in total. The summed E-state index contributed by atoms with van der Waals surface area (Å²) in [7, 11) is 0. The van der Waals surface area contributed by atoms with Crippen molar-refractivity contribution in [3.63, 3.8) is 0 Å². The fraction of sp³-hybridized carbons (Fsp3) is 0.250. The first-order chi connectivity index (χ1) is 7.13. The molecular formula is C12H13NO2. The number of rotatable bonds is 1. The molecule has 0 unspecified atom stereocenters. The van der Waals surface area contributed by atoms with E-state index in [-0.39, 0.29) is 5.63 Å². The van der Waals surface area contributed by atoms with Crippen molar-refractivity contribution in [2.24, 2.45) is 5.73 Å². The van der Waals surface area contributed by atoms with Gasteiger partial charge >= 0.3 is 5.63 Å². The minimum atomic E-state index is -0.336. The largest absolute Gasteiger partial charge is 0.422 e. The van der Waals surface area contributed by atoms with Gasteiger partial charge in [0.2, 0.25) is 0 Å². The van der Waals surface area contributed by atoms with Crippen LogP contribution in [-0.4, -0.2) is 0 Å². The second kappa shape index (κ2) is 3.51. The zero-order valence-corrected chi connectivity index (χ0v) is 8.83. The Bertz CT molecular complexity index is 570. The highest BCUT2D eigenvalue weighted by Crippen LogP contribution is 2.22. The van der Waals surface area contributed by atoms with Crippen LogP contribution in [0.1, 0.15) is 16.7 Å². The molecule has 0 aliphatic carbocycles. The molecule has 0 atom stereocenters. The fourth-order valence-electron chi connectivity index (χ4n) is 1.69. The monoisotopic (exact) mass is 203 g/mol. The summed E-state index contributed by atoms with van der Waals surface area (Å²) in [6.45, 7) is 4.29. The Morgan fingerprint density at radius 2 is 2.07 bits per heavy atom. The minimum absolute atomic E-state index is 0.336. The van der Waals surface area contributed by atoms with Gasteiger partial charge in [0, 0.05) is 18.0 Å². The van der Waals surface area contributed by atoms with Gasteiger partial charge in [-0.15, -0.1) is 0 Å². The Kier molecular flexibility index (Phi) is 2.32. The van der Waals surface area contributed by atoms with Gasteiger partial charge in [0.25, 0.3) is 0 Å². The van der Waals surface area contributed by atoms with Crippen molar-refractivity contribution in [3.8, 4) is 0 Å². The third-order valence-corrected chi connectivity index (χ3v) is 2.74. The standard InChI is InChI=1S/C12H13NO2/c1-7-3-4-10-9(6-13)5-11(14)15-12(10)8(7)2/h3-5H,6,13H2,1-2H3. The van der Waals surface area contributed by atoms with E-state index in [1.165, 1.54) is 6.07 Å². The van der Waals surface area contributed by atoms with Crippen molar-refractivity contribution >= 4 is 11.0 Å². The van der Waals surface area contributed by atoms with Crippen molar-refractivity contribution in [2.45, 2.75) is 20.4 Å². The number of aryl methyl sites for hydroxylation is 2. The van der Waals surface area contributed by atoms with E-state index in [1.54, 1.807) is 0 Å². The number of fused-ring (bicyclic) bond motifs is 1. The number of benzene rings is 1. The highest BCUT2D eigenvalue weighted by Gasteiger charge is 2.07. The summed E-state index contributed by atoms with van der Waals surface area (Å²) in [6, 6.07) is 5.41. The fourth-order valence-corrected chi connectivity index (χ4v) is 1.69.